The Bertz CT molecular complexity index is 1230. The van der Waals surface area contributed by atoms with Crippen LogP contribution in [0.4, 0.5) is 14.7 Å². The molecule has 176 valence electrons. The molecule has 3 heterocycles. The first kappa shape index (κ1) is 23.5. The normalized spacial score (nSPS) is 15.0. The lowest BCUT2D eigenvalue weighted by atomic mass is 10.1. The summed E-state index contributed by atoms with van der Waals surface area (Å²) in [4.78, 5) is 13.8. The van der Waals surface area contributed by atoms with E-state index in [9.17, 15) is 8.78 Å². The smallest absolute Gasteiger partial charge is 0.245 e. The summed E-state index contributed by atoms with van der Waals surface area (Å²) < 4.78 is 38.0. The standard InChI is InChI=1S/C24H20F2N4O2.C2H6/c25-17-5-1-15(2-6-17)13-27-24-29-21-10-9-20(16-3-7-18(26)8-4-16)28-22(21)23(30-24)32-19-11-12-31-14-19;1-2/h1-10,19H,11-14H2,(H,27,29,30);1-2H3. The number of hydrogen-bond acceptors (Lipinski definition) is 6. The molecule has 1 fully saturated rings. The van der Waals surface area contributed by atoms with Gasteiger partial charge in [0.15, 0.2) is 5.52 Å². The second kappa shape index (κ2) is 11.0. The Kier molecular flexibility index (Phi) is 7.59. The van der Waals surface area contributed by atoms with Gasteiger partial charge in [0.25, 0.3) is 0 Å². The molecule has 0 aliphatic carbocycles. The molecule has 5 rings (SSSR count). The minimum atomic E-state index is -0.306. The lowest BCUT2D eigenvalue weighted by Gasteiger charge is -2.15. The van der Waals surface area contributed by atoms with Gasteiger partial charge in [-0.3, -0.25) is 0 Å². The van der Waals surface area contributed by atoms with Crippen molar-refractivity contribution in [3.8, 4) is 17.1 Å². The summed E-state index contributed by atoms with van der Waals surface area (Å²) in [5.74, 6) is 0.149. The molecule has 0 radical (unpaired) electrons. The Morgan fingerprint density at radius 1 is 0.912 bits per heavy atom. The van der Waals surface area contributed by atoms with Crippen LogP contribution < -0.4 is 10.1 Å². The van der Waals surface area contributed by atoms with Crippen LogP contribution in [0.2, 0.25) is 0 Å². The van der Waals surface area contributed by atoms with Crippen molar-refractivity contribution in [2.24, 2.45) is 0 Å². The van der Waals surface area contributed by atoms with Crippen LogP contribution >= 0.6 is 0 Å². The highest BCUT2D eigenvalue weighted by atomic mass is 19.1. The van der Waals surface area contributed by atoms with Gasteiger partial charge in [-0.2, -0.15) is 4.98 Å². The van der Waals surface area contributed by atoms with Crippen molar-refractivity contribution in [3.63, 3.8) is 0 Å². The minimum Gasteiger partial charge on any atom is -0.470 e. The molecule has 0 saturated carbocycles. The number of nitrogens with one attached hydrogen (secondary N) is 1. The Hall–Kier alpha value is -3.65. The molecule has 6 nitrogen and oxygen atoms in total. The SMILES string of the molecule is CC.Fc1ccc(CNc2nc(OC3CCOC3)c3nc(-c4ccc(F)cc4)ccc3n2)cc1. The number of hydrogen-bond donors (Lipinski definition) is 1. The van der Waals surface area contributed by atoms with Gasteiger partial charge in [0, 0.05) is 18.5 Å². The average Bonchev–Trinajstić information content (AvgIpc) is 3.38. The molecule has 1 atom stereocenters. The average molecular weight is 465 g/mol. The van der Waals surface area contributed by atoms with Gasteiger partial charge in [-0.25, -0.2) is 18.7 Å². The highest BCUT2D eigenvalue weighted by Gasteiger charge is 2.21. The molecule has 4 aromatic rings. The van der Waals surface area contributed by atoms with Crippen molar-refractivity contribution in [1.29, 1.82) is 0 Å². The first-order valence-corrected chi connectivity index (χ1v) is 11.3. The molecule has 1 N–H and O–H groups in total. The van der Waals surface area contributed by atoms with E-state index in [-0.39, 0.29) is 17.7 Å². The number of anilines is 1. The molecular formula is C26H26F2N4O2. The molecule has 1 unspecified atom stereocenters. The molecule has 0 amide bonds. The zero-order valence-corrected chi connectivity index (χ0v) is 19.1. The molecule has 2 aromatic heterocycles. The van der Waals surface area contributed by atoms with Gasteiger partial charge < -0.3 is 14.8 Å². The minimum absolute atomic E-state index is 0.116. The fourth-order valence-electron chi connectivity index (χ4n) is 3.48. The Morgan fingerprint density at radius 3 is 2.29 bits per heavy atom. The van der Waals surface area contributed by atoms with Gasteiger partial charge in [0.2, 0.25) is 11.8 Å². The number of ether oxygens (including phenoxy) is 2. The molecule has 1 aliphatic rings. The fraction of sp³-hybridized carbons (Fsp3) is 0.269. The third-order valence-corrected chi connectivity index (χ3v) is 5.18. The van der Waals surface area contributed by atoms with Crippen LogP contribution in [0, 0.1) is 11.6 Å². The third kappa shape index (κ3) is 5.63. The summed E-state index contributed by atoms with van der Waals surface area (Å²) in [5.41, 5.74) is 3.47. The second-order valence-corrected chi connectivity index (χ2v) is 7.51. The van der Waals surface area contributed by atoms with Crippen LogP contribution in [-0.4, -0.2) is 34.3 Å². The van der Waals surface area contributed by atoms with Crippen molar-refractivity contribution in [3.05, 3.63) is 77.9 Å². The van der Waals surface area contributed by atoms with E-state index in [0.717, 1.165) is 17.5 Å². The number of halogens is 2. The van der Waals surface area contributed by atoms with E-state index in [1.807, 2.05) is 26.0 Å². The van der Waals surface area contributed by atoms with Crippen LogP contribution in [0.25, 0.3) is 22.3 Å². The Labute approximate surface area is 197 Å². The summed E-state index contributed by atoms with van der Waals surface area (Å²) in [5, 5.41) is 3.17. The summed E-state index contributed by atoms with van der Waals surface area (Å²) >= 11 is 0. The molecular weight excluding hydrogens is 438 g/mol. The molecule has 0 bridgehead atoms. The number of fused-ring (bicyclic) bond motifs is 1. The highest BCUT2D eigenvalue weighted by Crippen LogP contribution is 2.28. The van der Waals surface area contributed by atoms with Gasteiger partial charge in [0.05, 0.1) is 24.4 Å². The topological polar surface area (TPSA) is 69.2 Å². The van der Waals surface area contributed by atoms with Gasteiger partial charge in [-0.1, -0.05) is 26.0 Å². The van der Waals surface area contributed by atoms with E-state index in [1.54, 1.807) is 24.3 Å². The van der Waals surface area contributed by atoms with Gasteiger partial charge in [0.1, 0.15) is 17.7 Å². The first-order chi connectivity index (χ1) is 16.6. The van der Waals surface area contributed by atoms with Crippen LogP contribution in [0.5, 0.6) is 5.88 Å². The monoisotopic (exact) mass is 464 g/mol. The zero-order chi connectivity index (χ0) is 23.9. The Balaban J connectivity index is 0.00000133. The van der Waals surface area contributed by atoms with E-state index in [4.69, 9.17) is 14.5 Å². The van der Waals surface area contributed by atoms with Crippen molar-refractivity contribution >= 4 is 17.0 Å². The number of nitrogens with zero attached hydrogens (tertiary/aromatic N) is 3. The van der Waals surface area contributed by atoms with Crippen LogP contribution in [0.15, 0.2) is 60.7 Å². The van der Waals surface area contributed by atoms with Crippen molar-refractivity contribution in [1.82, 2.24) is 15.0 Å². The van der Waals surface area contributed by atoms with Crippen molar-refractivity contribution in [2.75, 3.05) is 18.5 Å². The predicted molar refractivity (Wildman–Crippen MR) is 128 cm³/mol. The maximum absolute atomic E-state index is 13.3. The molecule has 2 aromatic carbocycles. The summed E-state index contributed by atoms with van der Waals surface area (Å²) in [6.07, 6.45) is 0.649. The maximum Gasteiger partial charge on any atom is 0.245 e. The maximum atomic E-state index is 13.3. The number of aromatic nitrogens is 3. The van der Waals surface area contributed by atoms with Gasteiger partial charge >= 0.3 is 0 Å². The van der Waals surface area contributed by atoms with Crippen LogP contribution in [-0.2, 0) is 11.3 Å². The molecule has 34 heavy (non-hydrogen) atoms. The first-order valence-electron chi connectivity index (χ1n) is 11.3. The zero-order valence-electron chi connectivity index (χ0n) is 19.1. The summed E-state index contributed by atoms with van der Waals surface area (Å²) in [6.45, 7) is 5.55. The van der Waals surface area contributed by atoms with E-state index < -0.39 is 0 Å². The van der Waals surface area contributed by atoms with Crippen molar-refractivity contribution < 1.29 is 18.3 Å². The molecule has 1 aliphatic heterocycles. The second-order valence-electron chi connectivity index (χ2n) is 7.51. The number of benzene rings is 2. The molecule has 8 heteroatoms. The van der Waals surface area contributed by atoms with Crippen LogP contribution in [0.3, 0.4) is 0 Å². The fourth-order valence-corrected chi connectivity index (χ4v) is 3.48. The summed E-state index contributed by atoms with van der Waals surface area (Å²) in [7, 11) is 0. The quantitative estimate of drug-likeness (QED) is 0.390. The van der Waals surface area contributed by atoms with E-state index >= 15 is 0 Å². The molecule has 0 spiro atoms. The third-order valence-electron chi connectivity index (χ3n) is 5.18. The van der Waals surface area contributed by atoms with E-state index in [0.29, 0.717) is 48.3 Å². The van der Waals surface area contributed by atoms with E-state index in [1.165, 1.54) is 24.3 Å². The number of pyridine rings is 1. The molecule has 1 saturated heterocycles. The number of rotatable bonds is 6. The lowest BCUT2D eigenvalue weighted by Crippen LogP contribution is -2.17. The van der Waals surface area contributed by atoms with Crippen molar-refractivity contribution in [2.45, 2.75) is 32.9 Å². The van der Waals surface area contributed by atoms with Gasteiger partial charge in [-0.15, -0.1) is 0 Å². The van der Waals surface area contributed by atoms with Crippen LogP contribution in [0.1, 0.15) is 25.8 Å². The highest BCUT2D eigenvalue weighted by molar-refractivity contribution is 5.83. The van der Waals surface area contributed by atoms with Gasteiger partial charge in [-0.05, 0) is 54.1 Å². The lowest BCUT2D eigenvalue weighted by molar-refractivity contribution is 0.139. The largest absolute Gasteiger partial charge is 0.470 e. The Morgan fingerprint density at radius 2 is 1.62 bits per heavy atom. The summed E-state index contributed by atoms with van der Waals surface area (Å²) in [6, 6.07) is 16.0. The predicted octanol–water partition coefficient (Wildman–Crippen LogP) is 5.78. The van der Waals surface area contributed by atoms with E-state index in [2.05, 4.69) is 15.3 Å².